The lowest BCUT2D eigenvalue weighted by molar-refractivity contribution is -0.137. The van der Waals surface area contributed by atoms with Gasteiger partial charge >= 0.3 is 6.18 Å². The van der Waals surface area contributed by atoms with Crippen LogP contribution in [0.25, 0.3) is 5.82 Å². The van der Waals surface area contributed by atoms with Gasteiger partial charge in [0.2, 0.25) is 5.16 Å². The highest BCUT2D eigenvalue weighted by Crippen LogP contribution is 2.28. The van der Waals surface area contributed by atoms with Crippen molar-refractivity contribution in [1.29, 1.82) is 0 Å². The number of alkyl halides is 3. The van der Waals surface area contributed by atoms with E-state index in [9.17, 15) is 17.4 Å². The van der Waals surface area contributed by atoms with Crippen LogP contribution in [0.2, 0.25) is 0 Å². The van der Waals surface area contributed by atoms with Crippen molar-refractivity contribution in [3.63, 3.8) is 0 Å². The van der Waals surface area contributed by atoms with Gasteiger partial charge in [-0.25, -0.2) is 4.98 Å². The van der Waals surface area contributed by atoms with Crippen molar-refractivity contribution in [3.05, 3.63) is 30.2 Å². The Morgan fingerprint density at radius 3 is 2.56 bits per heavy atom. The summed E-state index contributed by atoms with van der Waals surface area (Å²) in [5.74, 6) is 0.179. The summed E-state index contributed by atoms with van der Waals surface area (Å²) in [5, 5.41) is 7.29. The minimum atomic E-state index is -4.44. The van der Waals surface area contributed by atoms with E-state index in [4.69, 9.17) is 0 Å². The first kappa shape index (κ1) is 12.7. The Bertz CT molecular complexity index is 578. The summed E-state index contributed by atoms with van der Waals surface area (Å²) in [4.78, 5) is 3.66. The van der Waals surface area contributed by atoms with Crippen molar-refractivity contribution in [1.82, 2.24) is 19.7 Å². The normalized spacial score (nSPS) is 13.6. The van der Waals surface area contributed by atoms with Crippen molar-refractivity contribution in [2.45, 2.75) is 11.3 Å². The molecule has 96 valence electrons. The third-order valence-electron chi connectivity index (χ3n) is 2.10. The number of pyridine rings is 1. The summed E-state index contributed by atoms with van der Waals surface area (Å²) >= 11 is 0. The molecule has 0 fully saturated rings. The van der Waals surface area contributed by atoms with Crippen molar-refractivity contribution in [2.24, 2.45) is 0 Å². The summed E-state index contributed by atoms with van der Waals surface area (Å²) in [6.07, 6.45) is -1.09. The molecule has 0 aliphatic carbocycles. The summed E-state index contributed by atoms with van der Waals surface area (Å²) in [6, 6.07) is 2.06. The highest BCUT2D eigenvalue weighted by atomic mass is 32.2. The van der Waals surface area contributed by atoms with Crippen LogP contribution in [-0.4, -0.2) is 30.2 Å². The maximum atomic E-state index is 12.3. The fourth-order valence-electron chi connectivity index (χ4n) is 1.27. The zero-order chi connectivity index (χ0) is 13.3. The van der Waals surface area contributed by atoms with Gasteiger partial charge in [0.1, 0.15) is 12.1 Å². The zero-order valence-corrected chi connectivity index (χ0v) is 9.87. The second-order valence-electron chi connectivity index (χ2n) is 3.34. The van der Waals surface area contributed by atoms with Crippen LogP contribution >= 0.6 is 0 Å². The van der Waals surface area contributed by atoms with E-state index in [-0.39, 0.29) is 11.0 Å². The Balaban J connectivity index is 2.41. The van der Waals surface area contributed by atoms with E-state index in [2.05, 4.69) is 15.2 Å². The molecule has 0 aromatic carbocycles. The van der Waals surface area contributed by atoms with Crippen molar-refractivity contribution < 1.29 is 17.4 Å². The van der Waals surface area contributed by atoms with Crippen LogP contribution in [0.15, 0.2) is 29.8 Å². The second-order valence-corrected chi connectivity index (χ2v) is 4.61. The zero-order valence-electron chi connectivity index (χ0n) is 9.05. The van der Waals surface area contributed by atoms with Crippen LogP contribution in [-0.2, 0) is 17.0 Å². The van der Waals surface area contributed by atoms with Crippen LogP contribution in [0.4, 0.5) is 13.2 Å². The Morgan fingerprint density at radius 2 is 2.06 bits per heavy atom. The van der Waals surface area contributed by atoms with E-state index in [0.717, 1.165) is 6.07 Å². The highest BCUT2D eigenvalue weighted by Gasteiger charge is 2.30. The van der Waals surface area contributed by atoms with Gasteiger partial charge < -0.3 is 0 Å². The lowest BCUT2D eigenvalue weighted by Gasteiger charge is -2.07. The third-order valence-corrected chi connectivity index (χ3v) is 2.89. The minimum Gasteiger partial charge on any atom is -0.258 e. The molecule has 0 N–H and O–H groups in total. The molecule has 2 rings (SSSR count). The minimum absolute atomic E-state index is 0.127. The van der Waals surface area contributed by atoms with Gasteiger partial charge in [-0.1, -0.05) is 0 Å². The lowest BCUT2D eigenvalue weighted by Crippen LogP contribution is -2.08. The summed E-state index contributed by atoms with van der Waals surface area (Å²) < 4.78 is 49.6. The first-order valence-corrected chi connectivity index (χ1v) is 6.22. The van der Waals surface area contributed by atoms with E-state index in [1.807, 2.05) is 0 Å². The highest BCUT2D eigenvalue weighted by molar-refractivity contribution is 7.84. The number of nitrogens with zero attached hydrogens (tertiary/aromatic N) is 4. The Morgan fingerprint density at radius 1 is 1.33 bits per heavy atom. The Kier molecular flexibility index (Phi) is 3.16. The van der Waals surface area contributed by atoms with Crippen molar-refractivity contribution in [2.75, 3.05) is 6.26 Å². The molecule has 1 atom stereocenters. The molecule has 2 heterocycles. The van der Waals surface area contributed by atoms with Gasteiger partial charge in [-0.15, -0.1) is 10.2 Å². The van der Waals surface area contributed by atoms with Gasteiger partial charge in [0.05, 0.1) is 16.4 Å². The molecule has 0 bridgehead atoms. The molecule has 9 heteroatoms. The molecule has 18 heavy (non-hydrogen) atoms. The quantitative estimate of drug-likeness (QED) is 0.832. The van der Waals surface area contributed by atoms with Gasteiger partial charge in [0.25, 0.3) is 0 Å². The Labute approximate surface area is 102 Å². The molecule has 0 aliphatic rings. The van der Waals surface area contributed by atoms with Gasteiger partial charge in [-0.05, 0) is 12.1 Å². The van der Waals surface area contributed by atoms with Crippen LogP contribution < -0.4 is 0 Å². The van der Waals surface area contributed by atoms with E-state index in [0.29, 0.717) is 6.20 Å². The summed E-state index contributed by atoms with van der Waals surface area (Å²) in [5.41, 5.74) is -0.849. The smallest absolute Gasteiger partial charge is 0.258 e. The number of halogens is 3. The molecule has 0 saturated carbocycles. The molecule has 0 spiro atoms. The largest absolute Gasteiger partial charge is 0.417 e. The van der Waals surface area contributed by atoms with Crippen LogP contribution in [0.3, 0.4) is 0 Å². The molecule has 0 aliphatic heterocycles. The van der Waals surface area contributed by atoms with Crippen molar-refractivity contribution >= 4 is 10.8 Å². The fraction of sp³-hybridized carbons (Fsp3) is 0.222. The molecule has 5 nitrogen and oxygen atoms in total. The average molecular weight is 276 g/mol. The van der Waals surface area contributed by atoms with Crippen LogP contribution in [0.5, 0.6) is 0 Å². The molecule has 0 saturated heterocycles. The monoisotopic (exact) mass is 276 g/mol. The van der Waals surface area contributed by atoms with Gasteiger partial charge in [0.15, 0.2) is 0 Å². The first-order chi connectivity index (χ1) is 8.39. The molecular formula is C9H7F3N4OS. The van der Waals surface area contributed by atoms with E-state index >= 15 is 0 Å². The standard InChI is InChI=1S/C9H7F3N4OS/c1-18(17)8-15-14-5-16(8)7-3-2-6(4-13-7)9(10,11)12/h2-5H,1H3. The molecule has 1 unspecified atom stereocenters. The molecule has 2 aromatic heterocycles. The van der Waals surface area contributed by atoms with E-state index in [1.165, 1.54) is 23.2 Å². The number of aromatic nitrogens is 4. The molecular weight excluding hydrogens is 269 g/mol. The summed E-state index contributed by atoms with van der Waals surface area (Å²) in [7, 11) is -1.41. The third kappa shape index (κ3) is 2.40. The summed E-state index contributed by atoms with van der Waals surface area (Å²) in [6.45, 7) is 0. The fourth-order valence-corrected chi connectivity index (χ4v) is 1.85. The van der Waals surface area contributed by atoms with Crippen molar-refractivity contribution in [3.8, 4) is 5.82 Å². The predicted molar refractivity (Wildman–Crippen MR) is 56.5 cm³/mol. The first-order valence-electron chi connectivity index (χ1n) is 4.66. The topological polar surface area (TPSA) is 60.7 Å². The SMILES string of the molecule is CS(=O)c1nncn1-c1ccc(C(F)(F)F)cn1. The second kappa shape index (κ2) is 4.48. The van der Waals surface area contributed by atoms with Crippen LogP contribution in [0, 0.1) is 0 Å². The number of hydrogen-bond acceptors (Lipinski definition) is 4. The maximum absolute atomic E-state index is 12.3. The average Bonchev–Trinajstić information content (AvgIpc) is 2.77. The predicted octanol–water partition coefficient (Wildman–Crippen LogP) is 1.42. The van der Waals surface area contributed by atoms with E-state index in [1.54, 1.807) is 0 Å². The molecule has 2 aromatic rings. The molecule has 0 radical (unpaired) electrons. The molecule has 0 amide bonds. The number of rotatable bonds is 2. The number of hydrogen-bond donors (Lipinski definition) is 0. The van der Waals surface area contributed by atoms with Gasteiger partial charge in [0, 0.05) is 12.5 Å². The maximum Gasteiger partial charge on any atom is 0.417 e. The van der Waals surface area contributed by atoms with Gasteiger partial charge in [-0.2, -0.15) is 13.2 Å². The van der Waals surface area contributed by atoms with Crippen LogP contribution in [0.1, 0.15) is 5.56 Å². The van der Waals surface area contributed by atoms with Gasteiger partial charge in [-0.3, -0.25) is 8.78 Å². The Hall–Kier alpha value is -1.77. The van der Waals surface area contributed by atoms with E-state index < -0.39 is 22.5 Å². The lowest BCUT2D eigenvalue weighted by atomic mass is 10.3.